The van der Waals surface area contributed by atoms with E-state index in [-0.39, 0.29) is 5.91 Å². The zero-order valence-electron chi connectivity index (χ0n) is 11.3. The van der Waals surface area contributed by atoms with Gasteiger partial charge >= 0.3 is 6.03 Å². The fourth-order valence-electron chi connectivity index (χ4n) is 1.66. The van der Waals surface area contributed by atoms with Crippen LogP contribution in [0.1, 0.15) is 10.4 Å². The van der Waals surface area contributed by atoms with Crippen molar-refractivity contribution in [2.24, 2.45) is 5.73 Å². The van der Waals surface area contributed by atoms with Crippen LogP contribution in [0.15, 0.2) is 42.6 Å². The van der Waals surface area contributed by atoms with E-state index in [2.05, 4.69) is 15.6 Å². The number of anilines is 2. The van der Waals surface area contributed by atoms with Crippen LogP contribution in [0.3, 0.4) is 0 Å². The van der Waals surface area contributed by atoms with E-state index in [0.717, 1.165) is 0 Å². The molecule has 0 atom stereocenters. The zero-order chi connectivity index (χ0) is 15.2. The molecule has 0 aliphatic carbocycles. The van der Waals surface area contributed by atoms with E-state index in [1.807, 2.05) is 0 Å². The maximum atomic E-state index is 12.0. The molecule has 0 aliphatic heterocycles. The molecule has 2 aromatic rings. The molecular weight excluding hydrogens is 272 g/mol. The van der Waals surface area contributed by atoms with Gasteiger partial charge in [0.2, 0.25) is 5.88 Å². The lowest BCUT2D eigenvalue weighted by atomic mass is 10.2. The van der Waals surface area contributed by atoms with Gasteiger partial charge in [0.05, 0.1) is 12.7 Å². The number of amides is 3. The molecule has 108 valence electrons. The fraction of sp³-hybridized carbons (Fsp3) is 0.0714. The summed E-state index contributed by atoms with van der Waals surface area (Å²) in [5, 5.41) is 5.13. The lowest BCUT2D eigenvalue weighted by molar-refractivity contribution is 0.102. The Hall–Kier alpha value is -3.09. The number of methoxy groups -OCH3 is 1. The number of rotatable bonds is 4. The number of hydrogen-bond donors (Lipinski definition) is 3. The number of nitrogens with zero attached hydrogens (tertiary/aromatic N) is 1. The van der Waals surface area contributed by atoms with Gasteiger partial charge in [-0.25, -0.2) is 9.78 Å². The number of carbonyl (C=O) groups excluding carboxylic acids is 2. The van der Waals surface area contributed by atoms with Gasteiger partial charge in [-0.1, -0.05) is 6.07 Å². The third-order valence-corrected chi connectivity index (χ3v) is 2.60. The summed E-state index contributed by atoms with van der Waals surface area (Å²) in [4.78, 5) is 26.8. The number of aromatic nitrogens is 1. The van der Waals surface area contributed by atoms with Crippen molar-refractivity contribution >= 4 is 23.3 Å². The van der Waals surface area contributed by atoms with E-state index < -0.39 is 6.03 Å². The molecule has 7 heteroatoms. The first-order valence-corrected chi connectivity index (χ1v) is 6.06. The second-order valence-corrected chi connectivity index (χ2v) is 4.11. The Kier molecular flexibility index (Phi) is 4.35. The fourth-order valence-corrected chi connectivity index (χ4v) is 1.66. The maximum absolute atomic E-state index is 12.0. The van der Waals surface area contributed by atoms with Gasteiger partial charge in [0.15, 0.2) is 0 Å². The number of carbonyl (C=O) groups is 2. The molecular formula is C14H14N4O3. The Morgan fingerprint density at radius 3 is 2.43 bits per heavy atom. The van der Waals surface area contributed by atoms with Crippen molar-refractivity contribution in [1.82, 2.24) is 4.98 Å². The van der Waals surface area contributed by atoms with Gasteiger partial charge in [0, 0.05) is 23.6 Å². The third kappa shape index (κ3) is 3.93. The first-order valence-electron chi connectivity index (χ1n) is 6.06. The molecule has 0 aliphatic rings. The number of nitrogens with one attached hydrogen (secondary N) is 2. The second-order valence-electron chi connectivity index (χ2n) is 4.11. The summed E-state index contributed by atoms with van der Waals surface area (Å²) >= 11 is 0. The van der Waals surface area contributed by atoms with E-state index >= 15 is 0 Å². The Bertz CT molecular complexity index is 656. The smallest absolute Gasteiger partial charge is 0.316 e. The van der Waals surface area contributed by atoms with Crippen LogP contribution >= 0.6 is 0 Å². The highest BCUT2D eigenvalue weighted by molar-refractivity contribution is 6.04. The highest BCUT2D eigenvalue weighted by Gasteiger charge is 2.07. The summed E-state index contributed by atoms with van der Waals surface area (Å²) in [5.74, 6) is 0.112. The van der Waals surface area contributed by atoms with E-state index in [9.17, 15) is 9.59 Å². The molecule has 7 nitrogen and oxygen atoms in total. The van der Waals surface area contributed by atoms with Crippen molar-refractivity contribution in [3.05, 3.63) is 48.2 Å². The number of urea groups is 1. The molecule has 3 amide bonds. The van der Waals surface area contributed by atoms with Gasteiger partial charge in [-0.3, -0.25) is 4.79 Å². The number of pyridine rings is 1. The van der Waals surface area contributed by atoms with Gasteiger partial charge in [-0.05, 0) is 24.3 Å². The minimum Gasteiger partial charge on any atom is -0.481 e. The first kappa shape index (κ1) is 14.3. The number of nitrogens with two attached hydrogens (primary N) is 1. The van der Waals surface area contributed by atoms with Gasteiger partial charge in [0.1, 0.15) is 0 Å². The first-order chi connectivity index (χ1) is 10.1. The van der Waals surface area contributed by atoms with Crippen molar-refractivity contribution in [3.8, 4) is 5.88 Å². The standard InChI is InChI=1S/C14H14N4O3/c1-21-12-6-5-9(8-16-12)13(19)17-10-3-2-4-11(7-10)18-14(15)20/h2-8H,1H3,(H,17,19)(H3,15,18,20). The molecule has 2 rings (SSSR count). The molecule has 0 unspecified atom stereocenters. The Labute approximate surface area is 121 Å². The molecule has 0 fully saturated rings. The minimum absolute atomic E-state index is 0.318. The Morgan fingerprint density at radius 1 is 1.14 bits per heavy atom. The summed E-state index contributed by atoms with van der Waals surface area (Å²) in [6.45, 7) is 0. The zero-order valence-corrected chi connectivity index (χ0v) is 11.3. The van der Waals surface area contributed by atoms with Gasteiger partial charge in [-0.2, -0.15) is 0 Å². The Balaban J connectivity index is 2.09. The number of ether oxygens (including phenoxy) is 1. The van der Waals surface area contributed by atoms with Crippen LogP contribution in [0.25, 0.3) is 0 Å². The molecule has 21 heavy (non-hydrogen) atoms. The topological polar surface area (TPSA) is 106 Å². The van der Waals surface area contributed by atoms with Crippen LogP contribution < -0.4 is 21.1 Å². The van der Waals surface area contributed by atoms with E-state index in [4.69, 9.17) is 10.5 Å². The molecule has 0 spiro atoms. The van der Waals surface area contributed by atoms with E-state index in [1.54, 1.807) is 36.4 Å². The SMILES string of the molecule is COc1ccc(C(=O)Nc2cccc(NC(N)=O)c2)cn1. The lowest BCUT2D eigenvalue weighted by Crippen LogP contribution is -2.19. The van der Waals surface area contributed by atoms with Gasteiger partial charge in [0.25, 0.3) is 5.91 Å². The van der Waals surface area contributed by atoms with Crippen molar-refractivity contribution in [2.45, 2.75) is 0 Å². The van der Waals surface area contributed by atoms with Crippen molar-refractivity contribution in [1.29, 1.82) is 0 Å². The average molecular weight is 286 g/mol. The van der Waals surface area contributed by atoms with Crippen molar-refractivity contribution in [3.63, 3.8) is 0 Å². The summed E-state index contributed by atoms with van der Waals surface area (Å²) in [6, 6.07) is 9.17. The van der Waals surface area contributed by atoms with Crippen LogP contribution in [0, 0.1) is 0 Å². The van der Waals surface area contributed by atoms with E-state index in [1.165, 1.54) is 13.3 Å². The number of benzene rings is 1. The molecule has 1 heterocycles. The van der Waals surface area contributed by atoms with Gasteiger partial charge < -0.3 is 21.1 Å². The largest absolute Gasteiger partial charge is 0.481 e. The summed E-state index contributed by atoms with van der Waals surface area (Å²) in [5.41, 5.74) is 6.45. The molecule has 0 bridgehead atoms. The molecule has 0 saturated carbocycles. The summed E-state index contributed by atoms with van der Waals surface area (Å²) in [6.07, 6.45) is 1.42. The van der Waals surface area contributed by atoms with E-state index in [0.29, 0.717) is 22.8 Å². The monoisotopic (exact) mass is 286 g/mol. The van der Waals surface area contributed by atoms with Crippen LogP contribution in [0.5, 0.6) is 5.88 Å². The highest BCUT2D eigenvalue weighted by atomic mass is 16.5. The van der Waals surface area contributed by atoms with Crippen LogP contribution in [0.4, 0.5) is 16.2 Å². The number of hydrogen-bond acceptors (Lipinski definition) is 4. The molecule has 0 saturated heterocycles. The highest BCUT2D eigenvalue weighted by Crippen LogP contribution is 2.16. The quantitative estimate of drug-likeness (QED) is 0.797. The molecule has 1 aromatic heterocycles. The summed E-state index contributed by atoms with van der Waals surface area (Å²) < 4.78 is 4.93. The van der Waals surface area contributed by atoms with Crippen molar-refractivity contribution in [2.75, 3.05) is 17.7 Å². The lowest BCUT2D eigenvalue weighted by Gasteiger charge is -2.08. The maximum Gasteiger partial charge on any atom is 0.316 e. The normalized spacial score (nSPS) is 9.76. The average Bonchev–Trinajstić information content (AvgIpc) is 2.47. The van der Waals surface area contributed by atoms with Crippen LogP contribution in [-0.2, 0) is 0 Å². The predicted molar refractivity (Wildman–Crippen MR) is 78.4 cm³/mol. The van der Waals surface area contributed by atoms with Crippen molar-refractivity contribution < 1.29 is 14.3 Å². The Morgan fingerprint density at radius 2 is 1.86 bits per heavy atom. The molecule has 4 N–H and O–H groups in total. The number of primary amides is 1. The molecule has 0 radical (unpaired) electrons. The minimum atomic E-state index is -0.669. The third-order valence-electron chi connectivity index (χ3n) is 2.60. The summed E-state index contributed by atoms with van der Waals surface area (Å²) in [7, 11) is 1.50. The van der Waals surface area contributed by atoms with Crippen LogP contribution in [-0.4, -0.2) is 24.0 Å². The van der Waals surface area contributed by atoms with Crippen LogP contribution in [0.2, 0.25) is 0 Å². The van der Waals surface area contributed by atoms with Gasteiger partial charge in [-0.15, -0.1) is 0 Å². The molecule has 1 aromatic carbocycles. The second kappa shape index (κ2) is 6.38. The predicted octanol–water partition coefficient (Wildman–Crippen LogP) is 1.83.